The lowest BCUT2D eigenvalue weighted by atomic mass is 9.92. The predicted octanol–water partition coefficient (Wildman–Crippen LogP) is 4.50. The van der Waals surface area contributed by atoms with Crippen molar-refractivity contribution in [1.29, 1.82) is 0 Å². The second kappa shape index (κ2) is 6.41. The normalized spacial score (nSPS) is 14.5. The molecule has 0 amide bonds. The van der Waals surface area contributed by atoms with E-state index in [0.29, 0.717) is 0 Å². The van der Waals surface area contributed by atoms with E-state index in [0.717, 1.165) is 39.7 Å². The van der Waals surface area contributed by atoms with Crippen LogP contribution in [0.25, 0.3) is 11.1 Å². The largest absolute Gasteiger partial charge is 0.299 e. The van der Waals surface area contributed by atoms with E-state index in [1.807, 2.05) is 67.6 Å². The van der Waals surface area contributed by atoms with Crippen molar-refractivity contribution in [2.24, 2.45) is 0 Å². The highest BCUT2D eigenvalue weighted by Crippen LogP contribution is 2.41. The Morgan fingerprint density at radius 1 is 0.870 bits per heavy atom. The van der Waals surface area contributed by atoms with Gasteiger partial charge in [0, 0.05) is 11.1 Å². The standard InChI is InChI=1S/C21H16O2/c1-15-20(18-12-5-6-13-19(18)21(15)23)17(11-7-8-14-22)16-9-3-2-4-10-16/h2-14H,1H3/b8-7-,17-11+. The van der Waals surface area contributed by atoms with Crippen LogP contribution in [-0.4, -0.2) is 12.1 Å². The zero-order valence-electron chi connectivity index (χ0n) is 12.8. The highest BCUT2D eigenvalue weighted by molar-refractivity contribution is 6.28. The lowest BCUT2D eigenvalue weighted by Gasteiger charge is -2.11. The number of rotatable bonds is 4. The van der Waals surface area contributed by atoms with Crippen LogP contribution in [0.5, 0.6) is 0 Å². The second-order valence-corrected chi connectivity index (χ2v) is 5.34. The van der Waals surface area contributed by atoms with Crippen molar-refractivity contribution >= 4 is 23.2 Å². The van der Waals surface area contributed by atoms with E-state index in [2.05, 4.69) is 0 Å². The smallest absolute Gasteiger partial charge is 0.189 e. The van der Waals surface area contributed by atoms with Crippen LogP contribution in [0.4, 0.5) is 0 Å². The maximum absolute atomic E-state index is 12.5. The summed E-state index contributed by atoms with van der Waals surface area (Å²) in [6.45, 7) is 1.86. The summed E-state index contributed by atoms with van der Waals surface area (Å²) in [5.41, 5.74) is 5.32. The Kier molecular flexibility index (Phi) is 4.15. The Balaban J connectivity index is 2.22. The molecule has 0 bridgehead atoms. The van der Waals surface area contributed by atoms with Crippen molar-refractivity contribution in [2.45, 2.75) is 6.92 Å². The minimum absolute atomic E-state index is 0.0665. The molecule has 112 valence electrons. The number of hydrogen-bond acceptors (Lipinski definition) is 2. The van der Waals surface area contributed by atoms with Crippen LogP contribution in [0.15, 0.2) is 78.4 Å². The summed E-state index contributed by atoms with van der Waals surface area (Å²) in [6, 6.07) is 17.5. The third-order valence-electron chi connectivity index (χ3n) is 3.96. The van der Waals surface area contributed by atoms with Crippen LogP contribution in [0.1, 0.15) is 28.4 Å². The minimum atomic E-state index is 0.0665. The summed E-state index contributed by atoms with van der Waals surface area (Å²) in [6.07, 6.45) is 5.79. The summed E-state index contributed by atoms with van der Waals surface area (Å²) in [5, 5.41) is 0. The second-order valence-electron chi connectivity index (χ2n) is 5.34. The Hall–Kier alpha value is -3.00. The van der Waals surface area contributed by atoms with Crippen LogP contribution >= 0.6 is 0 Å². The molecule has 1 aliphatic rings. The molecule has 2 heteroatoms. The fraction of sp³-hybridized carbons (Fsp3) is 0.0476. The zero-order valence-corrected chi connectivity index (χ0v) is 12.8. The van der Waals surface area contributed by atoms with Gasteiger partial charge in [-0.2, -0.15) is 0 Å². The molecular weight excluding hydrogens is 284 g/mol. The first-order valence-corrected chi connectivity index (χ1v) is 7.47. The molecule has 0 spiro atoms. The maximum atomic E-state index is 12.5. The van der Waals surface area contributed by atoms with Gasteiger partial charge in [0.25, 0.3) is 0 Å². The Labute approximate surface area is 135 Å². The molecule has 3 rings (SSSR count). The molecule has 2 nitrogen and oxygen atoms in total. The van der Waals surface area contributed by atoms with E-state index >= 15 is 0 Å². The van der Waals surface area contributed by atoms with Crippen LogP contribution in [0, 0.1) is 0 Å². The summed E-state index contributed by atoms with van der Waals surface area (Å²) < 4.78 is 0. The van der Waals surface area contributed by atoms with E-state index in [-0.39, 0.29) is 5.78 Å². The van der Waals surface area contributed by atoms with Crippen molar-refractivity contribution in [3.63, 3.8) is 0 Å². The highest BCUT2D eigenvalue weighted by atomic mass is 16.1. The Bertz CT molecular complexity index is 852. The minimum Gasteiger partial charge on any atom is -0.299 e. The number of carbonyl (C=O) groups is 2. The number of hydrogen-bond donors (Lipinski definition) is 0. The topological polar surface area (TPSA) is 34.1 Å². The summed E-state index contributed by atoms with van der Waals surface area (Å²) in [4.78, 5) is 23.1. The quantitative estimate of drug-likeness (QED) is 0.473. The molecule has 2 aromatic rings. The van der Waals surface area contributed by atoms with Gasteiger partial charge in [0.05, 0.1) is 0 Å². The molecule has 0 N–H and O–H groups in total. The number of aldehydes is 1. The predicted molar refractivity (Wildman–Crippen MR) is 93.0 cm³/mol. The number of allylic oxidation sites excluding steroid dienone is 6. The van der Waals surface area contributed by atoms with Gasteiger partial charge in [-0.15, -0.1) is 0 Å². The van der Waals surface area contributed by atoms with E-state index in [1.165, 1.54) is 6.08 Å². The van der Waals surface area contributed by atoms with E-state index in [1.54, 1.807) is 6.08 Å². The number of benzene rings is 2. The van der Waals surface area contributed by atoms with Gasteiger partial charge in [-0.05, 0) is 35.3 Å². The van der Waals surface area contributed by atoms with Gasteiger partial charge < -0.3 is 0 Å². The SMILES string of the molecule is CC1=C(/C(=C/C=C\C=O)c2ccccc2)c2ccccc2C1=O. The van der Waals surface area contributed by atoms with Crippen molar-refractivity contribution in [2.75, 3.05) is 0 Å². The molecule has 23 heavy (non-hydrogen) atoms. The molecule has 2 aromatic carbocycles. The van der Waals surface area contributed by atoms with Crippen LogP contribution in [-0.2, 0) is 4.79 Å². The zero-order chi connectivity index (χ0) is 16.2. The molecule has 0 radical (unpaired) electrons. The molecule has 0 atom stereocenters. The van der Waals surface area contributed by atoms with Crippen molar-refractivity contribution < 1.29 is 9.59 Å². The molecule has 0 saturated carbocycles. The first kappa shape index (κ1) is 14.9. The molecule has 0 aromatic heterocycles. The summed E-state index contributed by atoms with van der Waals surface area (Å²) in [7, 11) is 0. The third kappa shape index (κ3) is 2.71. The fourth-order valence-corrected chi connectivity index (χ4v) is 2.90. The third-order valence-corrected chi connectivity index (χ3v) is 3.96. The van der Waals surface area contributed by atoms with Crippen molar-refractivity contribution in [1.82, 2.24) is 0 Å². The average Bonchev–Trinajstić information content (AvgIpc) is 2.85. The van der Waals surface area contributed by atoms with Gasteiger partial charge in [-0.25, -0.2) is 0 Å². The lowest BCUT2D eigenvalue weighted by molar-refractivity contribution is -0.104. The van der Waals surface area contributed by atoms with Gasteiger partial charge in [-0.1, -0.05) is 66.7 Å². The van der Waals surface area contributed by atoms with Crippen LogP contribution in [0.2, 0.25) is 0 Å². The van der Waals surface area contributed by atoms with Crippen LogP contribution in [0.3, 0.4) is 0 Å². The number of ketones is 1. The van der Waals surface area contributed by atoms with Gasteiger partial charge in [-0.3, -0.25) is 9.59 Å². The Morgan fingerprint density at radius 2 is 1.52 bits per heavy atom. The van der Waals surface area contributed by atoms with E-state index in [4.69, 9.17) is 0 Å². The summed E-state index contributed by atoms with van der Waals surface area (Å²) in [5.74, 6) is 0.0665. The van der Waals surface area contributed by atoms with E-state index < -0.39 is 0 Å². The Morgan fingerprint density at radius 3 is 2.22 bits per heavy atom. The molecule has 0 fully saturated rings. The fourth-order valence-electron chi connectivity index (χ4n) is 2.90. The number of fused-ring (bicyclic) bond motifs is 1. The van der Waals surface area contributed by atoms with Gasteiger partial charge in [0.15, 0.2) is 5.78 Å². The van der Waals surface area contributed by atoms with E-state index in [9.17, 15) is 9.59 Å². The van der Waals surface area contributed by atoms with Gasteiger partial charge in [0.2, 0.25) is 0 Å². The summed E-state index contributed by atoms with van der Waals surface area (Å²) >= 11 is 0. The molecule has 1 aliphatic carbocycles. The van der Waals surface area contributed by atoms with Gasteiger partial charge >= 0.3 is 0 Å². The molecule has 0 saturated heterocycles. The first-order valence-electron chi connectivity index (χ1n) is 7.47. The number of carbonyl (C=O) groups excluding carboxylic acids is 2. The van der Waals surface area contributed by atoms with Gasteiger partial charge in [0.1, 0.15) is 6.29 Å². The molecular formula is C21H16O2. The monoisotopic (exact) mass is 300 g/mol. The molecule has 0 unspecified atom stereocenters. The lowest BCUT2D eigenvalue weighted by Crippen LogP contribution is -1.94. The molecule has 0 aliphatic heterocycles. The average molecular weight is 300 g/mol. The first-order chi connectivity index (χ1) is 11.2. The molecule has 0 heterocycles. The van der Waals surface area contributed by atoms with Crippen molar-refractivity contribution in [3.05, 3.63) is 95.1 Å². The maximum Gasteiger partial charge on any atom is 0.189 e. The highest BCUT2D eigenvalue weighted by Gasteiger charge is 2.28. The van der Waals surface area contributed by atoms with Crippen molar-refractivity contribution in [3.8, 4) is 0 Å². The van der Waals surface area contributed by atoms with Crippen LogP contribution < -0.4 is 0 Å². The number of Topliss-reactive ketones (excluding diaryl/α,β-unsaturated/α-hetero) is 1.